The van der Waals surface area contributed by atoms with Crippen LogP contribution in [-0.4, -0.2) is 19.7 Å². The number of rotatable bonds is 5. The van der Waals surface area contributed by atoms with Gasteiger partial charge in [0.05, 0.1) is 12.6 Å². The number of pyridine rings is 1. The van der Waals surface area contributed by atoms with E-state index in [1.807, 2.05) is 41.3 Å². The largest absolute Gasteiger partial charge is 0.361 e. The van der Waals surface area contributed by atoms with Gasteiger partial charge >= 0.3 is 0 Å². The predicted molar refractivity (Wildman–Crippen MR) is 91.1 cm³/mol. The zero-order chi connectivity index (χ0) is 15.5. The standard InChI is InChI=1S/C18H17N5/c1-2-5-14(6-3-1)16(13-23-12-4-10-20-23)21-17-8-7-15-9-11-19-18(15)22-17/h1-12,16H,13H2,(H2,19,21,22)/t16-/m1/s1. The molecule has 0 saturated carbocycles. The second kappa shape index (κ2) is 5.96. The number of fused-ring (bicyclic) bond motifs is 1. The van der Waals surface area contributed by atoms with Gasteiger partial charge in [-0.25, -0.2) is 4.98 Å². The molecule has 0 fully saturated rings. The highest BCUT2D eigenvalue weighted by molar-refractivity contribution is 5.77. The molecule has 0 bridgehead atoms. The third-order valence-corrected chi connectivity index (χ3v) is 3.86. The summed E-state index contributed by atoms with van der Waals surface area (Å²) in [6, 6.07) is 18.5. The van der Waals surface area contributed by atoms with Crippen molar-refractivity contribution >= 4 is 16.9 Å². The molecule has 0 amide bonds. The van der Waals surface area contributed by atoms with Crippen molar-refractivity contribution in [1.82, 2.24) is 19.7 Å². The third-order valence-electron chi connectivity index (χ3n) is 3.86. The summed E-state index contributed by atoms with van der Waals surface area (Å²) >= 11 is 0. The summed E-state index contributed by atoms with van der Waals surface area (Å²) in [6.45, 7) is 0.738. The second-order valence-corrected chi connectivity index (χ2v) is 5.45. The van der Waals surface area contributed by atoms with Crippen LogP contribution in [0.2, 0.25) is 0 Å². The van der Waals surface area contributed by atoms with Gasteiger partial charge in [0, 0.05) is 24.0 Å². The maximum absolute atomic E-state index is 4.63. The molecule has 114 valence electrons. The van der Waals surface area contributed by atoms with E-state index in [9.17, 15) is 0 Å². The number of anilines is 1. The Morgan fingerprint density at radius 1 is 1.04 bits per heavy atom. The van der Waals surface area contributed by atoms with Crippen LogP contribution in [0.5, 0.6) is 0 Å². The molecule has 4 rings (SSSR count). The first kappa shape index (κ1) is 13.6. The summed E-state index contributed by atoms with van der Waals surface area (Å²) in [4.78, 5) is 7.78. The molecule has 0 unspecified atom stereocenters. The average molecular weight is 303 g/mol. The Morgan fingerprint density at radius 3 is 2.78 bits per heavy atom. The summed E-state index contributed by atoms with van der Waals surface area (Å²) < 4.78 is 1.93. The van der Waals surface area contributed by atoms with Crippen molar-refractivity contribution in [2.24, 2.45) is 0 Å². The predicted octanol–water partition coefficient (Wildman–Crippen LogP) is 3.61. The van der Waals surface area contributed by atoms with E-state index in [1.54, 1.807) is 6.20 Å². The van der Waals surface area contributed by atoms with E-state index in [0.29, 0.717) is 0 Å². The lowest BCUT2D eigenvalue weighted by Crippen LogP contribution is -2.18. The van der Waals surface area contributed by atoms with Gasteiger partial charge in [0.15, 0.2) is 0 Å². The summed E-state index contributed by atoms with van der Waals surface area (Å²) in [7, 11) is 0. The molecule has 4 aromatic rings. The Labute approximate surface area is 134 Å². The van der Waals surface area contributed by atoms with Crippen molar-refractivity contribution in [1.29, 1.82) is 0 Å². The Morgan fingerprint density at radius 2 is 1.96 bits per heavy atom. The van der Waals surface area contributed by atoms with E-state index in [-0.39, 0.29) is 6.04 Å². The van der Waals surface area contributed by atoms with E-state index < -0.39 is 0 Å². The van der Waals surface area contributed by atoms with Gasteiger partial charge in [0.2, 0.25) is 0 Å². The number of aromatic amines is 1. The van der Waals surface area contributed by atoms with Crippen LogP contribution >= 0.6 is 0 Å². The van der Waals surface area contributed by atoms with Crippen molar-refractivity contribution in [3.05, 3.63) is 78.8 Å². The molecule has 0 saturated heterocycles. The van der Waals surface area contributed by atoms with Crippen molar-refractivity contribution in [3.63, 3.8) is 0 Å². The first-order valence-corrected chi connectivity index (χ1v) is 7.61. The van der Waals surface area contributed by atoms with Crippen LogP contribution in [0.15, 0.2) is 73.2 Å². The number of benzene rings is 1. The van der Waals surface area contributed by atoms with Crippen LogP contribution in [0.4, 0.5) is 5.82 Å². The van der Waals surface area contributed by atoms with Gasteiger partial charge in [-0.2, -0.15) is 5.10 Å². The molecule has 0 radical (unpaired) electrons. The second-order valence-electron chi connectivity index (χ2n) is 5.45. The maximum atomic E-state index is 4.63. The third kappa shape index (κ3) is 2.94. The summed E-state index contributed by atoms with van der Waals surface area (Å²) in [6.07, 6.45) is 5.67. The molecule has 1 atom stereocenters. The van der Waals surface area contributed by atoms with Crippen LogP contribution in [0.25, 0.3) is 11.0 Å². The summed E-state index contributed by atoms with van der Waals surface area (Å²) in [5, 5.41) is 8.95. The highest BCUT2D eigenvalue weighted by Gasteiger charge is 2.13. The fourth-order valence-electron chi connectivity index (χ4n) is 2.70. The zero-order valence-electron chi connectivity index (χ0n) is 12.6. The number of nitrogens with zero attached hydrogens (tertiary/aromatic N) is 3. The minimum absolute atomic E-state index is 0.0935. The molecule has 23 heavy (non-hydrogen) atoms. The highest BCUT2D eigenvalue weighted by atomic mass is 15.3. The SMILES string of the molecule is c1ccc([C@@H](Cn2cccn2)Nc2ccc3cc[nH]c3n2)cc1. The fraction of sp³-hybridized carbons (Fsp3) is 0.111. The maximum Gasteiger partial charge on any atom is 0.139 e. The van der Waals surface area contributed by atoms with Gasteiger partial charge in [-0.3, -0.25) is 4.68 Å². The van der Waals surface area contributed by atoms with Crippen LogP contribution in [0.3, 0.4) is 0 Å². The van der Waals surface area contributed by atoms with Crippen LogP contribution in [0.1, 0.15) is 11.6 Å². The van der Waals surface area contributed by atoms with E-state index in [2.05, 4.69) is 50.7 Å². The van der Waals surface area contributed by atoms with E-state index in [1.165, 1.54) is 5.56 Å². The topological polar surface area (TPSA) is 58.5 Å². The van der Waals surface area contributed by atoms with Gasteiger partial charge in [-0.1, -0.05) is 30.3 Å². The molecule has 3 heterocycles. The minimum Gasteiger partial charge on any atom is -0.361 e. The molecular weight excluding hydrogens is 286 g/mol. The van der Waals surface area contributed by atoms with Crippen LogP contribution in [0, 0.1) is 0 Å². The van der Waals surface area contributed by atoms with Gasteiger partial charge in [0.1, 0.15) is 11.5 Å². The normalized spacial score (nSPS) is 12.3. The van der Waals surface area contributed by atoms with Crippen molar-refractivity contribution in [2.45, 2.75) is 12.6 Å². The summed E-state index contributed by atoms with van der Waals surface area (Å²) in [5.41, 5.74) is 2.09. The smallest absolute Gasteiger partial charge is 0.139 e. The Hall–Kier alpha value is -3.08. The molecule has 0 aliphatic rings. The molecule has 0 spiro atoms. The number of hydrogen-bond acceptors (Lipinski definition) is 3. The lowest BCUT2D eigenvalue weighted by atomic mass is 10.1. The lowest BCUT2D eigenvalue weighted by molar-refractivity contribution is 0.550. The molecule has 0 aliphatic carbocycles. The summed E-state index contributed by atoms with van der Waals surface area (Å²) in [5.74, 6) is 0.848. The molecule has 2 N–H and O–H groups in total. The number of H-pyrrole nitrogens is 1. The van der Waals surface area contributed by atoms with E-state index >= 15 is 0 Å². The van der Waals surface area contributed by atoms with E-state index in [0.717, 1.165) is 23.4 Å². The highest BCUT2D eigenvalue weighted by Crippen LogP contribution is 2.21. The molecule has 5 nitrogen and oxygen atoms in total. The van der Waals surface area contributed by atoms with Gasteiger partial charge in [-0.05, 0) is 29.8 Å². The Bertz CT molecular complexity index is 880. The quantitative estimate of drug-likeness (QED) is 0.592. The van der Waals surface area contributed by atoms with Gasteiger partial charge < -0.3 is 10.3 Å². The van der Waals surface area contributed by atoms with Crippen molar-refractivity contribution in [2.75, 3.05) is 5.32 Å². The van der Waals surface area contributed by atoms with Crippen molar-refractivity contribution < 1.29 is 0 Å². The average Bonchev–Trinajstić information content (AvgIpc) is 3.26. The number of aromatic nitrogens is 4. The lowest BCUT2D eigenvalue weighted by Gasteiger charge is -2.20. The van der Waals surface area contributed by atoms with Crippen LogP contribution < -0.4 is 5.32 Å². The van der Waals surface area contributed by atoms with Gasteiger partial charge in [0.25, 0.3) is 0 Å². The number of hydrogen-bond donors (Lipinski definition) is 2. The van der Waals surface area contributed by atoms with E-state index in [4.69, 9.17) is 0 Å². The Kier molecular flexibility index (Phi) is 3.52. The first-order chi connectivity index (χ1) is 11.4. The molecule has 3 aromatic heterocycles. The fourth-order valence-corrected chi connectivity index (χ4v) is 2.70. The first-order valence-electron chi connectivity index (χ1n) is 7.61. The number of nitrogens with one attached hydrogen (secondary N) is 2. The Balaban J connectivity index is 1.64. The minimum atomic E-state index is 0.0935. The molecule has 5 heteroatoms. The van der Waals surface area contributed by atoms with Gasteiger partial charge in [-0.15, -0.1) is 0 Å². The van der Waals surface area contributed by atoms with Crippen molar-refractivity contribution in [3.8, 4) is 0 Å². The molecule has 0 aliphatic heterocycles. The molecular formula is C18H17N5. The van der Waals surface area contributed by atoms with Crippen LogP contribution in [-0.2, 0) is 6.54 Å². The molecule has 1 aromatic carbocycles. The zero-order valence-corrected chi connectivity index (χ0v) is 12.6. The monoisotopic (exact) mass is 303 g/mol.